The van der Waals surface area contributed by atoms with E-state index in [-0.39, 0.29) is 11.6 Å². The van der Waals surface area contributed by atoms with Crippen LogP contribution in [-0.4, -0.2) is 49.8 Å². The summed E-state index contributed by atoms with van der Waals surface area (Å²) in [5, 5.41) is 2.88. The summed E-state index contributed by atoms with van der Waals surface area (Å²) >= 11 is 0. The predicted molar refractivity (Wildman–Crippen MR) is 63.3 cm³/mol. The topological polar surface area (TPSA) is 67.6 Å². The summed E-state index contributed by atoms with van der Waals surface area (Å²) < 4.78 is 5.32. The Bertz CT molecular complexity index is 227. The number of carbonyl (C=O) groups is 1. The van der Waals surface area contributed by atoms with Crippen molar-refractivity contribution in [2.24, 2.45) is 5.73 Å². The van der Waals surface area contributed by atoms with Gasteiger partial charge in [-0.1, -0.05) is 6.92 Å². The van der Waals surface area contributed by atoms with E-state index in [1.165, 1.54) is 0 Å². The molecule has 0 aliphatic carbocycles. The van der Waals surface area contributed by atoms with Crippen LogP contribution in [0.25, 0.3) is 0 Å². The number of hydrogen-bond acceptors (Lipinski definition) is 3. The molecule has 1 aliphatic heterocycles. The van der Waals surface area contributed by atoms with Gasteiger partial charge in [0.2, 0.25) is 0 Å². The third-order valence-corrected chi connectivity index (χ3v) is 3.35. The fourth-order valence-corrected chi connectivity index (χ4v) is 1.99. The Morgan fingerprint density at radius 2 is 2.12 bits per heavy atom. The highest BCUT2D eigenvalue weighted by Gasteiger charge is 2.37. The van der Waals surface area contributed by atoms with Gasteiger partial charge in [-0.05, 0) is 19.3 Å². The molecular formula is C11H23N3O2. The molecule has 0 aromatic carbocycles. The number of likely N-dealkylation sites (N-methyl/N-ethyl adjacent to an activating group) is 1. The third-order valence-electron chi connectivity index (χ3n) is 3.35. The smallest absolute Gasteiger partial charge is 0.317 e. The van der Waals surface area contributed by atoms with Gasteiger partial charge in [-0.2, -0.15) is 0 Å². The maximum absolute atomic E-state index is 11.9. The van der Waals surface area contributed by atoms with Gasteiger partial charge in [0.25, 0.3) is 0 Å². The second-order valence-corrected chi connectivity index (χ2v) is 4.33. The molecule has 3 N–H and O–H groups in total. The minimum Gasteiger partial charge on any atom is -0.381 e. The van der Waals surface area contributed by atoms with Crippen molar-refractivity contribution in [3.05, 3.63) is 0 Å². The Morgan fingerprint density at radius 1 is 1.50 bits per heavy atom. The van der Waals surface area contributed by atoms with Gasteiger partial charge < -0.3 is 20.7 Å². The van der Waals surface area contributed by atoms with Crippen LogP contribution in [0.4, 0.5) is 4.79 Å². The van der Waals surface area contributed by atoms with Crippen LogP contribution in [0.3, 0.4) is 0 Å². The van der Waals surface area contributed by atoms with Crippen molar-refractivity contribution < 1.29 is 9.53 Å². The number of urea groups is 1. The summed E-state index contributed by atoms with van der Waals surface area (Å²) in [5.41, 5.74) is 5.60. The van der Waals surface area contributed by atoms with Crippen LogP contribution in [0.2, 0.25) is 0 Å². The molecule has 1 fully saturated rings. The summed E-state index contributed by atoms with van der Waals surface area (Å²) in [6.45, 7) is 4.60. The summed E-state index contributed by atoms with van der Waals surface area (Å²) in [5.74, 6) is 0. The molecule has 0 atom stereocenters. The van der Waals surface area contributed by atoms with E-state index in [0.717, 1.165) is 19.3 Å². The molecule has 0 bridgehead atoms. The lowest BCUT2D eigenvalue weighted by molar-refractivity contribution is 0.00278. The molecule has 0 spiro atoms. The summed E-state index contributed by atoms with van der Waals surface area (Å²) in [6, 6.07) is -0.0331. The van der Waals surface area contributed by atoms with Crippen molar-refractivity contribution in [1.29, 1.82) is 0 Å². The van der Waals surface area contributed by atoms with E-state index in [4.69, 9.17) is 10.5 Å². The predicted octanol–water partition coefficient (Wildman–Crippen LogP) is 0.546. The fourth-order valence-electron chi connectivity index (χ4n) is 1.99. The highest BCUT2D eigenvalue weighted by atomic mass is 16.5. The van der Waals surface area contributed by atoms with Gasteiger partial charge in [-0.25, -0.2) is 4.79 Å². The number of nitrogens with one attached hydrogen (secondary N) is 1. The SMILES string of the molecule is CCCNC(=O)N(C)C1(CN)CCOCC1. The summed E-state index contributed by atoms with van der Waals surface area (Å²) in [7, 11) is 1.82. The van der Waals surface area contributed by atoms with Crippen molar-refractivity contribution in [3.63, 3.8) is 0 Å². The van der Waals surface area contributed by atoms with E-state index in [1.807, 2.05) is 14.0 Å². The molecule has 1 heterocycles. The molecule has 0 unspecified atom stereocenters. The number of carbonyl (C=O) groups excluding carboxylic acids is 1. The van der Waals surface area contributed by atoms with Crippen molar-refractivity contribution in [3.8, 4) is 0 Å². The van der Waals surface area contributed by atoms with E-state index in [9.17, 15) is 4.79 Å². The molecule has 1 aliphatic rings. The van der Waals surface area contributed by atoms with Crippen molar-refractivity contribution >= 4 is 6.03 Å². The Balaban J connectivity index is 2.60. The number of hydrogen-bond donors (Lipinski definition) is 2. The second kappa shape index (κ2) is 6.06. The van der Waals surface area contributed by atoms with Crippen molar-refractivity contribution in [2.75, 3.05) is 33.4 Å². The first kappa shape index (κ1) is 13.3. The normalized spacial score (nSPS) is 19.2. The largest absolute Gasteiger partial charge is 0.381 e. The van der Waals surface area contributed by atoms with Crippen LogP contribution in [0.1, 0.15) is 26.2 Å². The van der Waals surface area contributed by atoms with Crippen LogP contribution in [-0.2, 0) is 4.74 Å². The second-order valence-electron chi connectivity index (χ2n) is 4.33. The standard InChI is InChI=1S/C11H23N3O2/c1-3-6-13-10(15)14(2)11(9-12)4-7-16-8-5-11/h3-9,12H2,1-2H3,(H,13,15). The van der Waals surface area contributed by atoms with Crippen LogP contribution in [0.15, 0.2) is 0 Å². The first-order valence-electron chi connectivity index (χ1n) is 5.96. The zero-order valence-electron chi connectivity index (χ0n) is 10.3. The maximum atomic E-state index is 11.9. The van der Waals surface area contributed by atoms with E-state index in [2.05, 4.69) is 5.32 Å². The fraction of sp³-hybridized carbons (Fsp3) is 0.909. The molecule has 5 nitrogen and oxygen atoms in total. The van der Waals surface area contributed by atoms with Gasteiger partial charge >= 0.3 is 6.03 Å². The molecular weight excluding hydrogens is 206 g/mol. The van der Waals surface area contributed by atoms with E-state index in [1.54, 1.807) is 4.90 Å². The molecule has 0 aromatic rings. The highest BCUT2D eigenvalue weighted by molar-refractivity contribution is 5.74. The monoisotopic (exact) mass is 229 g/mol. The molecule has 1 saturated heterocycles. The van der Waals surface area contributed by atoms with E-state index in [0.29, 0.717) is 26.3 Å². The van der Waals surface area contributed by atoms with Gasteiger partial charge in [-0.3, -0.25) is 0 Å². The minimum absolute atomic E-state index is 0.0331. The minimum atomic E-state index is -0.226. The van der Waals surface area contributed by atoms with Gasteiger partial charge in [0.15, 0.2) is 0 Å². The van der Waals surface area contributed by atoms with Crippen LogP contribution < -0.4 is 11.1 Å². The Kier molecular flexibility index (Phi) is 5.02. The number of nitrogens with two attached hydrogens (primary N) is 1. The van der Waals surface area contributed by atoms with Crippen LogP contribution >= 0.6 is 0 Å². The third kappa shape index (κ3) is 2.86. The van der Waals surface area contributed by atoms with Crippen molar-refractivity contribution in [2.45, 2.75) is 31.7 Å². The van der Waals surface area contributed by atoms with Gasteiger partial charge in [0.1, 0.15) is 0 Å². The molecule has 16 heavy (non-hydrogen) atoms. The Labute approximate surface area is 97.3 Å². The first-order chi connectivity index (χ1) is 7.66. The number of ether oxygens (including phenoxy) is 1. The molecule has 0 aromatic heterocycles. The van der Waals surface area contributed by atoms with Crippen molar-refractivity contribution in [1.82, 2.24) is 10.2 Å². The zero-order valence-corrected chi connectivity index (χ0v) is 10.3. The highest BCUT2D eigenvalue weighted by Crippen LogP contribution is 2.25. The van der Waals surface area contributed by atoms with Crippen LogP contribution in [0.5, 0.6) is 0 Å². The molecule has 0 saturated carbocycles. The quantitative estimate of drug-likeness (QED) is 0.739. The Hall–Kier alpha value is -0.810. The average Bonchev–Trinajstić information content (AvgIpc) is 2.35. The summed E-state index contributed by atoms with van der Waals surface area (Å²) in [6.07, 6.45) is 2.58. The lowest BCUT2D eigenvalue weighted by atomic mass is 9.88. The van der Waals surface area contributed by atoms with Gasteiger partial charge in [-0.15, -0.1) is 0 Å². The number of nitrogens with zero attached hydrogens (tertiary/aromatic N) is 1. The molecule has 94 valence electrons. The molecule has 0 radical (unpaired) electrons. The summed E-state index contributed by atoms with van der Waals surface area (Å²) in [4.78, 5) is 13.6. The maximum Gasteiger partial charge on any atom is 0.317 e. The molecule has 5 heteroatoms. The van der Waals surface area contributed by atoms with Crippen LogP contribution in [0, 0.1) is 0 Å². The lowest BCUT2D eigenvalue weighted by Gasteiger charge is -2.43. The molecule has 1 rings (SSSR count). The number of amides is 2. The number of rotatable bonds is 4. The van der Waals surface area contributed by atoms with Gasteiger partial charge in [0, 0.05) is 33.4 Å². The Morgan fingerprint density at radius 3 is 2.62 bits per heavy atom. The van der Waals surface area contributed by atoms with E-state index >= 15 is 0 Å². The van der Waals surface area contributed by atoms with Gasteiger partial charge in [0.05, 0.1) is 5.54 Å². The molecule has 2 amide bonds. The first-order valence-corrected chi connectivity index (χ1v) is 5.96. The lowest BCUT2D eigenvalue weighted by Crippen LogP contribution is -2.59. The zero-order chi connectivity index (χ0) is 12.0. The van der Waals surface area contributed by atoms with E-state index < -0.39 is 0 Å². The average molecular weight is 229 g/mol.